The summed E-state index contributed by atoms with van der Waals surface area (Å²) in [5.41, 5.74) is 3.91. The highest BCUT2D eigenvalue weighted by atomic mass is 32.1. The number of rotatable bonds is 7. The van der Waals surface area contributed by atoms with Gasteiger partial charge >= 0.3 is 0 Å². The smallest absolute Gasteiger partial charge is 0.268 e. The van der Waals surface area contributed by atoms with Crippen LogP contribution in [0, 0.1) is 13.8 Å². The van der Waals surface area contributed by atoms with Gasteiger partial charge in [-0.2, -0.15) is 5.10 Å². The summed E-state index contributed by atoms with van der Waals surface area (Å²) in [5, 5.41) is 9.52. The van der Waals surface area contributed by atoms with Crippen LogP contribution in [0.3, 0.4) is 0 Å². The Hall–Kier alpha value is -3.34. The second-order valence-electron chi connectivity index (χ2n) is 8.62. The number of para-hydroxylation sites is 1. The van der Waals surface area contributed by atoms with Crippen molar-refractivity contribution < 1.29 is 9.53 Å². The molecule has 1 aliphatic heterocycles. The number of aryl methyl sites for hydroxylation is 2. The summed E-state index contributed by atoms with van der Waals surface area (Å²) in [6.07, 6.45) is 0.116. The van der Waals surface area contributed by atoms with Crippen LogP contribution in [0.25, 0.3) is 21.9 Å². The highest BCUT2D eigenvalue weighted by Crippen LogP contribution is 2.23. The van der Waals surface area contributed by atoms with Gasteiger partial charge in [0.2, 0.25) is 5.91 Å². The quantitative estimate of drug-likeness (QED) is 0.425. The van der Waals surface area contributed by atoms with Crippen molar-refractivity contribution in [1.29, 1.82) is 0 Å². The molecule has 1 amide bonds. The molecule has 0 bridgehead atoms. The van der Waals surface area contributed by atoms with Gasteiger partial charge in [0.15, 0.2) is 4.96 Å². The van der Waals surface area contributed by atoms with E-state index in [1.165, 1.54) is 11.3 Å². The van der Waals surface area contributed by atoms with Crippen molar-refractivity contribution in [3.63, 3.8) is 0 Å². The number of fused-ring (bicyclic) bond motifs is 1. The second-order valence-corrected chi connectivity index (χ2v) is 9.46. The Morgan fingerprint density at radius 1 is 1.17 bits per heavy atom. The van der Waals surface area contributed by atoms with E-state index in [-0.39, 0.29) is 17.9 Å². The van der Waals surface area contributed by atoms with E-state index >= 15 is 0 Å². The first-order valence-electron chi connectivity index (χ1n) is 11.7. The first-order valence-corrected chi connectivity index (χ1v) is 12.6. The maximum absolute atomic E-state index is 13.6. The summed E-state index contributed by atoms with van der Waals surface area (Å²) in [6.45, 7) is 8.36. The van der Waals surface area contributed by atoms with Gasteiger partial charge in [-0.05, 0) is 32.0 Å². The normalized spacial score (nSPS) is 14.5. The summed E-state index contributed by atoms with van der Waals surface area (Å²) in [5.74, 6) is -0.115. The minimum Gasteiger partial charge on any atom is -0.379 e. The molecular formula is C25H28N6O3S. The lowest BCUT2D eigenvalue weighted by molar-refractivity contribution is -0.120. The number of morpholine rings is 1. The van der Waals surface area contributed by atoms with Crippen LogP contribution in [0.1, 0.15) is 17.1 Å². The molecule has 4 heterocycles. The largest absolute Gasteiger partial charge is 0.379 e. The summed E-state index contributed by atoms with van der Waals surface area (Å²) in [6, 6.07) is 11.7. The van der Waals surface area contributed by atoms with Gasteiger partial charge in [0.1, 0.15) is 5.69 Å². The zero-order valence-corrected chi connectivity index (χ0v) is 20.7. The standard InChI is InChI=1S/C25H28N6O3S/c1-17-14-21(28-31(17)19-6-4-3-5-7-19)23-18(2)27-25-30(24(23)33)20(16-35-25)15-22(32)26-8-9-29-10-12-34-13-11-29/h3-7,14,16H,8-13,15H2,1-2H3,(H,26,32). The van der Waals surface area contributed by atoms with Crippen LogP contribution in [0.2, 0.25) is 0 Å². The molecule has 5 rings (SSSR count). The van der Waals surface area contributed by atoms with E-state index in [4.69, 9.17) is 9.84 Å². The van der Waals surface area contributed by atoms with Gasteiger partial charge in [-0.1, -0.05) is 18.2 Å². The number of thiazole rings is 1. The van der Waals surface area contributed by atoms with E-state index in [0.29, 0.717) is 34.2 Å². The molecule has 1 aliphatic rings. The first-order chi connectivity index (χ1) is 17.0. The molecular weight excluding hydrogens is 464 g/mol. The Kier molecular flexibility index (Phi) is 6.76. The molecule has 0 radical (unpaired) electrons. The Morgan fingerprint density at radius 2 is 1.94 bits per heavy atom. The molecule has 1 N–H and O–H groups in total. The van der Waals surface area contributed by atoms with E-state index in [0.717, 1.165) is 44.2 Å². The number of benzene rings is 1. The molecule has 0 saturated carbocycles. The van der Waals surface area contributed by atoms with E-state index in [9.17, 15) is 9.59 Å². The van der Waals surface area contributed by atoms with Crippen LogP contribution in [0.5, 0.6) is 0 Å². The van der Waals surface area contributed by atoms with E-state index in [1.54, 1.807) is 4.40 Å². The monoisotopic (exact) mass is 492 g/mol. The lowest BCUT2D eigenvalue weighted by atomic mass is 10.1. The maximum Gasteiger partial charge on any atom is 0.268 e. The van der Waals surface area contributed by atoms with Crippen LogP contribution in [-0.4, -0.2) is 69.4 Å². The van der Waals surface area contributed by atoms with Gasteiger partial charge in [0.25, 0.3) is 5.56 Å². The zero-order chi connectivity index (χ0) is 24.4. The first kappa shape index (κ1) is 23.4. The van der Waals surface area contributed by atoms with E-state index < -0.39 is 0 Å². The lowest BCUT2D eigenvalue weighted by Gasteiger charge is -2.26. The van der Waals surface area contributed by atoms with Crippen LogP contribution in [-0.2, 0) is 16.0 Å². The van der Waals surface area contributed by atoms with Crippen molar-refractivity contribution in [1.82, 2.24) is 29.4 Å². The third-order valence-corrected chi connectivity index (χ3v) is 7.04. The average molecular weight is 493 g/mol. The van der Waals surface area contributed by atoms with Gasteiger partial charge in [-0.3, -0.25) is 18.9 Å². The molecule has 0 spiro atoms. The second kappa shape index (κ2) is 10.1. The lowest BCUT2D eigenvalue weighted by Crippen LogP contribution is -2.41. The van der Waals surface area contributed by atoms with Crippen molar-refractivity contribution >= 4 is 22.2 Å². The van der Waals surface area contributed by atoms with Crippen LogP contribution in [0.15, 0.2) is 46.6 Å². The molecule has 9 nitrogen and oxygen atoms in total. The van der Waals surface area contributed by atoms with E-state index in [1.807, 2.05) is 60.3 Å². The van der Waals surface area contributed by atoms with Crippen molar-refractivity contribution in [3.8, 4) is 16.9 Å². The Balaban J connectivity index is 1.39. The average Bonchev–Trinajstić information content (AvgIpc) is 3.43. The topological polar surface area (TPSA) is 93.8 Å². The summed E-state index contributed by atoms with van der Waals surface area (Å²) in [4.78, 5) is 33.8. The molecule has 4 aromatic rings. The molecule has 0 aliphatic carbocycles. The number of ether oxygens (including phenoxy) is 1. The van der Waals surface area contributed by atoms with Crippen LogP contribution >= 0.6 is 11.3 Å². The van der Waals surface area contributed by atoms with Crippen LogP contribution < -0.4 is 10.9 Å². The number of amides is 1. The van der Waals surface area contributed by atoms with Gasteiger partial charge in [0.05, 0.1) is 36.6 Å². The molecule has 1 saturated heterocycles. The number of nitrogens with one attached hydrogen (secondary N) is 1. The number of hydrogen-bond donors (Lipinski definition) is 1. The van der Waals surface area contributed by atoms with Gasteiger partial charge < -0.3 is 10.1 Å². The Bertz CT molecular complexity index is 1400. The molecule has 182 valence electrons. The third kappa shape index (κ3) is 4.90. The third-order valence-electron chi connectivity index (χ3n) is 6.16. The summed E-state index contributed by atoms with van der Waals surface area (Å²) in [7, 11) is 0. The minimum atomic E-state index is -0.206. The highest BCUT2D eigenvalue weighted by molar-refractivity contribution is 7.15. The molecule has 35 heavy (non-hydrogen) atoms. The van der Waals surface area contributed by atoms with Crippen molar-refractivity contribution in [2.75, 3.05) is 39.4 Å². The molecule has 3 aromatic heterocycles. The predicted octanol–water partition coefficient (Wildman–Crippen LogP) is 2.22. The van der Waals surface area contributed by atoms with Gasteiger partial charge in [-0.15, -0.1) is 11.3 Å². The van der Waals surface area contributed by atoms with Crippen molar-refractivity contribution in [2.45, 2.75) is 20.3 Å². The molecule has 1 fully saturated rings. The van der Waals surface area contributed by atoms with Gasteiger partial charge in [-0.25, -0.2) is 9.67 Å². The number of carbonyl (C=O) groups excluding carboxylic acids is 1. The Labute approximate surface area is 207 Å². The van der Waals surface area contributed by atoms with Crippen molar-refractivity contribution in [3.05, 3.63) is 69.2 Å². The molecule has 1 aromatic carbocycles. The number of aromatic nitrogens is 4. The van der Waals surface area contributed by atoms with E-state index in [2.05, 4.69) is 15.2 Å². The highest BCUT2D eigenvalue weighted by Gasteiger charge is 2.20. The van der Waals surface area contributed by atoms with Crippen LogP contribution in [0.4, 0.5) is 0 Å². The fourth-order valence-electron chi connectivity index (χ4n) is 4.36. The molecule has 10 heteroatoms. The number of carbonyl (C=O) groups is 1. The fraction of sp³-hybridized carbons (Fsp3) is 0.360. The van der Waals surface area contributed by atoms with Gasteiger partial charge in [0, 0.05) is 42.9 Å². The zero-order valence-electron chi connectivity index (χ0n) is 19.9. The Morgan fingerprint density at radius 3 is 2.71 bits per heavy atom. The summed E-state index contributed by atoms with van der Waals surface area (Å²) >= 11 is 1.36. The maximum atomic E-state index is 13.6. The van der Waals surface area contributed by atoms with Crippen molar-refractivity contribution in [2.24, 2.45) is 0 Å². The predicted molar refractivity (Wildman–Crippen MR) is 135 cm³/mol. The fourth-order valence-corrected chi connectivity index (χ4v) is 5.28. The number of hydrogen-bond acceptors (Lipinski definition) is 7. The molecule has 0 unspecified atom stereocenters. The number of nitrogens with zero attached hydrogens (tertiary/aromatic N) is 5. The molecule has 0 atom stereocenters. The summed E-state index contributed by atoms with van der Waals surface area (Å²) < 4.78 is 8.72. The minimum absolute atomic E-state index is 0.115. The SMILES string of the molecule is Cc1nc2scc(CC(=O)NCCN3CCOCC3)n2c(=O)c1-c1cc(C)n(-c2ccccc2)n1.